The smallest absolute Gasteiger partial charge is 0.0383 e. The molecular formula is C19H40. The molecule has 0 aromatic rings. The van der Waals surface area contributed by atoms with Crippen molar-refractivity contribution in [3.63, 3.8) is 0 Å². The van der Waals surface area contributed by atoms with E-state index in [1.165, 1.54) is 51.4 Å². The third-order valence-electron chi connectivity index (χ3n) is 4.44. The lowest BCUT2D eigenvalue weighted by Gasteiger charge is -2.23. The minimum Gasteiger partial charge on any atom is -0.0654 e. The summed E-state index contributed by atoms with van der Waals surface area (Å²) in [5.41, 5.74) is 0.514. The summed E-state index contributed by atoms with van der Waals surface area (Å²) in [5, 5.41) is 0. The number of rotatable bonds is 10. The molecule has 19 heavy (non-hydrogen) atoms. The Hall–Kier alpha value is 0. The van der Waals surface area contributed by atoms with Crippen molar-refractivity contribution in [1.29, 1.82) is 0 Å². The van der Waals surface area contributed by atoms with Crippen LogP contribution in [0.3, 0.4) is 0 Å². The Morgan fingerprint density at radius 1 is 0.842 bits per heavy atom. The summed E-state index contributed by atoms with van der Waals surface area (Å²) in [7, 11) is 0. The van der Waals surface area contributed by atoms with Gasteiger partial charge in [0.2, 0.25) is 0 Å². The van der Waals surface area contributed by atoms with Crippen molar-refractivity contribution in [2.45, 2.75) is 99.8 Å². The normalized spacial score (nSPS) is 17.2. The maximum absolute atomic E-state index is 2.47. The summed E-state index contributed by atoms with van der Waals surface area (Å²) in [4.78, 5) is 0. The average molecular weight is 269 g/mol. The van der Waals surface area contributed by atoms with Crippen molar-refractivity contribution in [2.24, 2.45) is 23.2 Å². The van der Waals surface area contributed by atoms with E-state index >= 15 is 0 Å². The molecule has 0 aliphatic heterocycles. The molecule has 0 aromatic carbocycles. The van der Waals surface area contributed by atoms with Gasteiger partial charge in [-0.3, -0.25) is 0 Å². The quantitative estimate of drug-likeness (QED) is 0.397. The minimum absolute atomic E-state index is 0.514. The van der Waals surface area contributed by atoms with Gasteiger partial charge >= 0.3 is 0 Å². The van der Waals surface area contributed by atoms with Crippen molar-refractivity contribution in [3.05, 3.63) is 0 Å². The van der Waals surface area contributed by atoms with Crippen LogP contribution in [0.5, 0.6) is 0 Å². The molecule has 0 amide bonds. The molecule has 0 heterocycles. The molecule has 0 N–H and O–H groups in total. The van der Waals surface area contributed by atoms with Gasteiger partial charge in [-0.25, -0.2) is 0 Å². The highest BCUT2D eigenvalue weighted by atomic mass is 14.2. The molecule has 0 heteroatoms. The van der Waals surface area contributed by atoms with Gasteiger partial charge in [0, 0.05) is 0 Å². The Morgan fingerprint density at radius 3 is 1.95 bits per heavy atom. The summed E-state index contributed by atoms with van der Waals surface area (Å²) in [6.45, 7) is 16.7. The third-order valence-corrected chi connectivity index (χ3v) is 4.44. The summed E-state index contributed by atoms with van der Waals surface area (Å²) < 4.78 is 0. The molecule has 0 nitrogen and oxygen atoms in total. The van der Waals surface area contributed by atoms with Crippen LogP contribution in [0.4, 0.5) is 0 Å². The molecule has 0 aliphatic carbocycles. The van der Waals surface area contributed by atoms with Gasteiger partial charge in [0.25, 0.3) is 0 Å². The largest absolute Gasteiger partial charge is 0.0654 e. The summed E-state index contributed by atoms with van der Waals surface area (Å²) in [6.07, 6.45) is 11.2. The van der Waals surface area contributed by atoms with Crippen molar-refractivity contribution in [3.8, 4) is 0 Å². The third kappa shape index (κ3) is 11.5. The van der Waals surface area contributed by atoms with Crippen LogP contribution in [-0.4, -0.2) is 0 Å². The van der Waals surface area contributed by atoms with Crippen molar-refractivity contribution < 1.29 is 0 Å². The van der Waals surface area contributed by atoms with E-state index in [1.807, 2.05) is 0 Å². The number of hydrogen-bond acceptors (Lipinski definition) is 0. The fourth-order valence-electron chi connectivity index (χ4n) is 3.35. The first-order valence-electron chi connectivity index (χ1n) is 8.78. The molecule has 0 aromatic heterocycles. The molecule has 3 atom stereocenters. The van der Waals surface area contributed by atoms with Crippen LogP contribution in [0.15, 0.2) is 0 Å². The molecule has 0 saturated carbocycles. The van der Waals surface area contributed by atoms with E-state index in [9.17, 15) is 0 Å². The fourth-order valence-corrected chi connectivity index (χ4v) is 3.35. The van der Waals surface area contributed by atoms with E-state index in [4.69, 9.17) is 0 Å². The molecule has 116 valence electrons. The van der Waals surface area contributed by atoms with Crippen LogP contribution in [0.1, 0.15) is 99.8 Å². The Bertz CT molecular complexity index is 199. The average Bonchev–Trinajstić information content (AvgIpc) is 2.26. The van der Waals surface area contributed by atoms with Crippen LogP contribution < -0.4 is 0 Å². The Labute approximate surface area is 123 Å². The maximum Gasteiger partial charge on any atom is -0.0383 e. The monoisotopic (exact) mass is 268 g/mol. The molecule has 0 bridgehead atoms. The Kier molecular flexibility index (Phi) is 9.83. The molecule has 0 rings (SSSR count). The van der Waals surface area contributed by atoms with Crippen LogP contribution >= 0.6 is 0 Å². The van der Waals surface area contributed by atoms with Gasteiger partial charge in [0.1, 0.15) is 0 Å². The first-order chi connectivity index (χ1) is 8.78. The predicted octanol–water partition coefficient (Wildman–Crippen LogP) is 7.08. The zero-order valence-corrected chi connectivity index (χ0v) is 14.9. The van der Waals surface area contributed by atoms with Gasteiger partial charge in [0.05, 0.1) is 0 Å². The summed E-state index contributed by atoms with van der Waals surface area (Å²) in [6, 6.07) is 0. The molecule has 0 saturated heterocycles. The van der Waals surface area contributed by atoms with E-state index in [2.05, 4.69) is 48.5 Å². The lowest BCUT2D eigenvalue weighted by atomic mass is 9.83. The highest BCUT2D eigenvalue weighted by Crippen LogP contribution is 2.28. The van der Waals surface area contributed by atoms with Gasteiger partial charge in [-0.2, -0.15) is 0 Å². The lowest BCUT2D eigenvalue weighted by molar-refractivity contribution is 0.289. The van der Waals surface area contributed by atoms with E-state index in [0.29, 0.717) is 5.41 Å². The topological polar surface area (TPSA) is 0 Å². The van der Waals surface area contributed by atoms with Gasteiger partial charge in [-0.15, -0.1) is 0 Å². The van der Waals surface area contributed by atoms with Gasteiger partial charge in [-0.1, -0.05) is 80.6 Å². The molecule has 3 unspecified atom stereocenters. The predicted molar refractivity (Wildman–Crippen MR) is 89.6 cm³/mol. The minimum atomic E-state index is 0.514. The van der Waals surface area contributed by atoms with Crippen LogP contribution in [0, 0.1) is 23.2 Å². The van der Waals surface area contributed by atoms with Crippen LogP contribution in [0.2, 0.25) is 0 Å². The van der Waals surface area contributed by atoms with Gasteiger partial charge < -0.3 is 0 Å². The second-order valence-electron chi connectivity index (χ2n) is 8.20. The fraction of sp³-hybridized carbons (Fsp3) is 1.00. The molecule has 0 fully saturated rings. The highest BCUT2D eigenvalue weighted by Gasteiger charge is 2.15. The second kappa shape index (κ2) is 9.83. The highest BCUT2D eigenvalue weighted by molar-refractivity contribution is 4.67. The first-order valence-corrected chi connectivity index (χ1v) is 8.78. The van der Waals surface area contributed by atoms with E-state index < -0.39 is 0 Å². The molecule has 0 radical (unpaired) electrons. The lowest BCUT2D eigenvalue weighted by Crippen LogP contribution is -2.10. The zero-order chi connectivity index (χ0) is 14.9. The van der Waals surface area contributed by atoms with Crippen molar-refractivity contribution in [2.75, 3.05) is 0 Å². The van der Waals surface area contributed by atoms with Gasteiger partial charge in [0.15, 0.2) is 0 Å². The molecular weight excluding hydrogens is 228 g/mol. The van der Waals surface area contributed by atoms with E-state index in [1.54, 1.807) is 0 Å². The van der Waals surface area contributed by atoms with Crippen molar-refractivity contribution >= 4 is 0 Å². The van der Waals surface area contributed by atoms with Gasteiger partial charge in [-0.05, 0) is 42.4 Å². The first kappa shape index (κ1) is 19.0. The van der Waals surface area contributed by atoms with E-state index in [0.717, 1.165) is 17.8 Å². The SMILES string of the molecule is CCCC(CC)CC(C)CC(C)CCCC(C)(C)C. The molecule has 0 spiro atoms. The summed E-state index contributed by atoms with van der Waals surface area (Å²) >= 11 is 0. The van der Waals surface area contributed by atoms with Crippen LogP contribution in [0.25, 0.3) is 0 Å². The number of hydrogen-bond donors (Lipinski definition) is 0. The second-order valence-corrected chi connectivity index (χ2v) is 8.20. The Balaban J connectivity index is 3.82. The summed E-state index contributed by atoms with van der Waals surface area (Å²) in [5.74, 6) is 2.80. The molecule has 0 aliphatic rings. The maximum atomic E-state index is 2.47. The van der Waals surface area contributed by atoms with E-state index in [-0.39, 0.29) is 0 Å². The van der Waals surface area contributed by atoms with Crippen molar-refractivity contribution in [1.82, 2.24) is 0 Å². The Morgan fingerprint density at radius 2 is 1.47 bits per heavy atom. The van der Waals surface area contributed by atoms with Crippen LogP contribution in [-0.2, 0) is 0 Å². The standard InChI is InChI=1S/C19H40/c1-8-11-18(9-2)15-17(4)14-16(3)12-10-13-19(5,6)7/h16-18H,8-15H2,1-7H3. The zero-order valence-electron chi connectivity index (χ0n) is 14.9.